The van der Waals surface area contributed by atoms with Gasteiger partial charge in [-0.3, -0.25) is 9.78 Å². The largest absolute Gasteiger partial charge is 0.373 e. The molecule has 0 aliphatic carbocycles. The fourth-order valence-corrected chi connectivity index (χ4v) is 2.88. The smallest absolute Gasteiger partial charge is 0.252 e. The molecule has 1 aliphatic heterocycles. The number of ether oxygens (including phenoxy) is 1. The Balaban J connectivity index is 2.14. The molecular formula is C15H21Cl2N3O3. The van der Waals surface area contributed by atoms with Gasteiger partial charge in [0.05, 0.1) is 33.5 Å². The Morgan fingerprint density at radius 3 is 2.83 bits per heavy atom. The first-order valence-corrected chi connectivity index (χ1v) is 8.13. The van der Waals surface area contributed by atoms with Gasteiger partial charge in [0.25, 0.3) is 5.91 Å². The Hall–Kier alpha value is -0.920. The molecule has 3 N–H and O–H groups in total. The van der Waals surface area contributed by atoms with Gasteiger partial charge in [-0.1, -0.05) is 23.2 Å². The van der Waals surface area contributed by atoms with E-state index < -0.39 is 17.7 Å². The Morgan fingerprint density at radius 1 is 1.52 bits per heavy atom. The monoisotopic (exact) mass is 361 g/mol. The molecule has 2 atom stereocenters. The Morgan fingerprint density at radius 2 is 2.22 bits per heavy atom. The van der Waals surface area contributed by atoms with Gasteiger partial charge in [0, 0.05) is 13.1 Å². The number of nitrogens with one attached hydrogen (secondary N) is 2. The highest BCUT2D eigenvalue weighted by Crippen LogP contribution is 2.33. The first-order chi connectivity index (χ1) is 10.7. The van der Waals surface area contributed by atoms with Crippen molar-refractivity contribution in [2.24, 2.45) is 0 Å². The highest BCUT2D eigenvalue weighted by molar-refractivity contribution is 6.35. The minimum Gasteiger partial charge on any atom is -0.373 e. The van der Waals surface area contributed by atoms with Crippen molar-refractivity contribution in [3.8, 4) is 0 Å². The van der Waals surface area contributed by atoms with E-state index >= 15 is 0 Å². The van der Waals surface area contributed by atoms with Gasteiger partial charge >= 0.3 is 0 Å². The Bertz CT molecular complexity index is 590. The number of halogens is 2. The molecule has 0 radical (unpaired) electrons. The van der Waals surface area contributed by atoms with Crippen LogP contribution >= 0.6 is 23.2 Å². The average molecular weight is 362 g/mol. The minimum atomic E-state index is -1.17. The summed E-state index contributed by atoms with van der Waals surface area (Å²) < 4.78 is 5.37. The Kier molecular flexibility index (Phi) is 5.86. The third-order valence-corrected chi connectivity index (χ3v) is 4.57. The molecule has 1 aromatic heterocycles. The molecule has 1 fully saturated rings. The SMILES string of the molecule is Cc1nc(C(C)(C)C(O)NC(=O)C2CNCCO2)c(Cl)cc1Cl. The zero-order valence-corrected chi connectivity index (χ0v) is 14.8. The topological polar surface area (TPSA) is 83.5 Å². The molecule has 0 aromatic carbocycles. The number of aliphatic hydroxyl groups excluding tert-OH is 1. The van der Waals surface area contributed by atoms with Gasteiger partial charge in [-0.25, -0.2) is 0 Å². The molecule has 23 heavy (non-hydrogen) atoms. The lowest BCUT2D eigenvalue weighted by molar-refractivity contribution is -0.138. The highest BCUT2D eigenvalue weighted by atomic mass is 35.5. The molecule has 2 heterocycles. The summed E-state index contributed by atoms with van der Waals surface area (Å²) in [7, 11) is 0. The summed E-state index contributed by atoms with van der Waals surface area (Å²) in [6, 6.07) is 1.59. The maximum atomic E-state index is 12.2. The molecule has 1 aliphatic rings. The quantitative estimate of drug-likeness (QED) is 0.706. The van der Waals surface area contributed by atoms with Crippen LogP contribution in [-0.2, 0) is 14.9 Å². The number of aryl methyl sites for hydroxylation is 1. The molecule has 1 aromatic rings. The van der Waals surface area contributed by atoms with Gasteiger partial charge in [-0.2, -0.15) is 0 Å². The van der Waals surface area contributed by atoms with Crippen molar-refractivity contribution in [1.82, 2.24) is 15.6 Å². The van der Waals surface area contributed by atoms with Crippen LogP contribution in [-0.4, -0.2) is 48.0 Å². The second kappa shape index (κ2) is 7.32. The average Bonchev–Trinajstić information content (AvgIpc) is 2.51. The molecule has 0 bridgehead atoms. The number of aromatic nitrogens is 1. The van der Waals surface area contributed by atoms with Crippen LogP contribution in [0.2, 0.25) is 10.0 Å². The maximum absolute atomic E-state index is 12.2. The fourth-order valence-electron chi connectivity index (χ4n) is 2.28. The predicted octanol–water partition coefficient (Wildman–Crippen LogP) is 1.40. The number of rotatable bonds is 4. The van der Waals surface area contributed by atoms with E-state index in [1.54, 1.807) is 26.8 Å². The van der Waals surface area contributed by atoms with E-state index in [-0.39, 0.29) is 5.91 Å². The highest BCUT2D eigenvalue weighted by Gasteiger charge is 2.36. The number of pyridine rings is 1. The van der Waals surface area contributed by atoms with Crippen LogP contribution in [0, 0.1) is 6.92 Å². The van der Waals surface area contributed by atoms with Crippen LogP contribution < -0.4 is 10.6 Å². The maximum Gasteiger partial charge on any atom is 0.252 e. The number of hydrogen-bond donors (Lipinski definition) is 3. The van der Waals surface area contributed by atoms with Crippen LogP contribution in [0.15, 0.2) is 6.07 Å². The van der Waals surface area contributed by atoms with E-state index in [0.717, 1.165) is 0 Å². The van der Waals surface area contributed by atoms with Gasteiger partial charge in [0.15, 0.2) is 0 Å². The van der Waals surface area contributed by atoms with Gasteiger partial charge in [-0.15, -0.1) is 0 Å². The summed E-state index contributed by atoms with van der Waals surface area (Å²) in [5.74, 6) is -0.375. The molecule has 2 rings (SSSR count). The van der Waals surface area contributed by atoms with E-state index in [9.17, 15) is 9.90 Å². The van der Waals surface area contributed by atoms with Gasteiger partial charge in [0.2, 0.25) is 0 Å². The number of carbonyl (C=O) groups excluding carboxylic acids is 1. The molecule has 8 heteroatoms. The summed E-state index contributed by atoms with van der Waals surface area (Å²) in [5.41, 5.74) is 0.179. The number of carbonyl (C=O) groups is 1. The molecule has 2 unspecified atom stereocenters. The lowest BCUT2D eigenvalue weighted by Gasteiger charge is -2.33. The standard InChI is InChI=1S/C15H21Cl2N3O3/c1-8-9(16)6-10(17)12(19-8)15(2,3)14(22)20-13(21)11-7-18-4-5-23-11/h6,11,14,18,22H,4-5,7H2,1-3H3,(H,20,21). The van der Waals surface area contributed by atoms with Crippen LogP contribution in [0.5, 0.6) is 0 Å². The van der Waals surface area contributed by atoms with Crippen LogP contribution in [0.3, 0.4) is 0 Å². The lowest BCUT2D eigenvalue weighted by Crippen LogP contribution is -2.54. The second-order valence-corrected chi connectivity index (χ2v) is 6.90. The number of amides is 1. The molecule has 0 saturated carbocycles. The van der Waals surface area contributed by atoms with E-state index in [1.165, 1.54) is 0 Å². The number of morpholine rings is 1. The zero-order valence-electron chi connectivity index (χ0n) is 13.3. The minimum absolute atomic E-state index is 0.342. The summed E-state index contributed by atoms with van der Waals surface area (Å²) in [6.45, 7) is 6.84. The molecule has 1 amide bonds. The van der Waals surface area contributed by atoms with Crippen LogP contribution in [0.4, 0.5) is 0 Å². The van der Waals surface area contributed by atoms with Crippen LogP contribution in [0.25, 0.3) is 0 Å². The predicted molar refractivity (Wildman–Crippen MR) is 88.8 cm³/mol. The lowest BCUT2D eigenvalue weighted by atomic mass is 9.86. The van der Waals surface area contributed by atoms with Crippen LogP contribution in [0.1, 0.15) is 25.2 Å². The van der Waals surface area contributed by atoms with E-state index in [4.69, 9.17) is 27.9 Å². The van der Waals surface area contributed by atoms with E-state index in [2.05, 4.69) is 15.6 Å². The molecule has 128 valence electrons. The summed E-state index contributed by atoms with van der Waals surface area (Å²) in [6.07, 6.45) is -1.80. The molecule has 0 spiro atoms. The van der Waals surface area contributed by atoms with Crippen molar-refractivity contribution in [3.05, 3.63) is 27.5 Å². The summed E-state index contributed by atoms with van der Waals surface area (Å²) >= 11 is 12.2. The fraction of sp³-hybridized carbons (Fsp3) is 0.600. The number of hydrogen-bond acceptors (Lipinski definition) is 5. The normalized spacial score (nSPS) is 20.2. The third-order valence-electron chi connectivity index (χ3n) is 3.90. The van der Waals surface area contributed by atoms with Gasteiger partial charge in [0.1, 0.15) is 12.3 Å². The van der Waals surface area contributed by atoms with Crippen molar-refractivity contribution in [1.29, 1.82) is 0 Å². The Labute approximate surface area is 145 Å². The van der Waals surface area contributed by atoms with E-state index in [0.29, 0.717) is 41.1 Å². The number of aliphatic hydroxyl groups is 1. The van der Waals surface area contributed by atoms with Gasteiger partial charge < -0.3 is 20.5 Å². The summed E-state index contributed by atoms with van der Waals surface area (Å²) in [4.78, 5) is 16.5. The van der Waals surface area contributed by atoms with E-state index in [1.807, 2.05) is 0 Å². The van der Waals surface area contributed by atoms with Crippen molar-refractivity contribution in [3.63, 3.8) is 0 Å². The van der Waals surface area contributed by atoms with Crippen molar-refractivity contribution in [2.75, 3.05) is 19.7 Å². The first kappa shape index (κ1) is 18.4. The van der Waals surface area contributed by atoms with Crippen molar-refractivity contribution >= 4 is 29.1 Å². The second-order valence-electron chi connectivity index (χ2n) is 6.08. The van der Waals surface area contributed by atoms with Crippen molar-refractivity contribution < 1.29 is 14.6 Å². The molecular weight excluding hydrogens is 341 g/mol. The first-order valence-electron chi connectivity index (χ1n) is 7.37. The van der Waals surface area contributed by atoms with Gasteiger partial charge in [-0.05, 0) is 26.8 Å². The molecule has 1 saturated heterocycles. The zero-order chi connectivity index (χ0) is 17.2. The summed E-state index contributed by atoms with van der Waals surface area (Å²) in [5, 5.41) is 16.9. The number of nitrogens with zero attached hydrogens (tertiary/aromatic N) is 1. The third kappa shape index (κ3) is 4.14. The molecule has 6 nitrogen and oxygen atoms in total. The van der Waals surface area contributed by atoms with Crippen molar-refractivity contribution in [2.45, 2.75) is 38.5 Å².